The lowest BCUT2D eigenvalue weighted by Gasteiger charge is -2.18. The zero-order valence-corrected chi connectivity index (χ0v) is 28.3. The smallest absolute Gasteiger partial charge is 0.340 e. The number of allylic oxidation sites excluding steroid dienone is 1. The van der Waals surface area contributed by atoms with Crippen molar-refractivity contribution in [1.29, 1.82) is 0 Å². The van der Waals surface area contributed by atoms with E-state index in [0.29, 0.717) is 34.6 Å². The first kappa shape index (κ1) is 33.4. The zero-order chi connectivity index (χ0) is 34.2. The Morgan fingerprint density at radius 3 is 2.19 bits per heavy atom. The Balaban J connectivity index is 2.02. The number of fused-ring (bicyclic) bond motifs is 8. The van der Waals surface area contributed by atoms with E-state index in [1.54, 1.807) is 0 Å². The number of aromatic nitrogens is 4. The molecule has 2 aliphatic heterocycles. The molecule has 10 nitrogen and oxygen atoms in total. The van der Waals surface area contributed by atoms with Crippen LogP contribution >= 0.6 is 0 Å². The van der Waals surface area contributed by atoms with Gasteiger partial charge < -0.3 is 24.2 Å². The zero-order valence-electron chi connectivity index (χ0n) is 28.3. The summed E-state index contributed by atoms with van der Waals surface area (Å²) in [5.41, 5.74) is 11.4. The molecule has 3 aromatic rings. The molecule has 246 valence electrons. The Labute approximate surface area is 274 Å². The number of nitrogens with one attached hydrogen (secondary N) is 2. The molecule has 0 amide bonds. The third kappa shape index (κ3) is 6.00. The highest BCUT2D eigenvalue weighted by Gasteiger charge is 2.36. The molecule has 2 atom stereocenters. The van der Waals surface area contributed by atoms with Gasteiger partial charge in [0.05, 0.1) is 50.4 Å². The number of carbonyl (C=O) groups is 3. The summed E-state index contributed by atoms with van der Waals surface area (Å²) >= 11 is 0. The van der Waals surface area contributed by atoms with Crippen LogP contribution < -0.4 is 0 Å². The highest BCUT2D eigenvalue weighted by atomic mass is 16.5. The van der Waals surface area contributed by atoms with Gasteiger partial charge in [0, 0.05) is 57.1 Å². The average Bonchev–Trinajstić information content (AvgIpc) is 3.74. The molecule has 3 aromatic heterocycles. The first-order valence-electron chi connectivity index (χ1n) is 15.8. The van der Waals surface area contributed by atoms with E-state index in [2.05, 4.69) is 36.5 Å². The van der Waals surface area contributed by atoms with Gasteiger partial charge in [0.25, 0.3) is 0 Å². The van der Waals surface area contributed by atoms with E-state index in [-0.39, 0.29) is 36.2 Å². The monoisotopic (exact) mass is 638 g/mol. The number of hydrogen-bond donors (Lipinski definition) is 2. The molecule has 2 N–H and O–H groups in total. The van der Waals surface area contributed by atoms with Crippen molar-refractivity contribution in [3.8, 4) is 0 Å². The van der Waals surface area contributed by atoms with Crippen molar-refractivity contribution in [2.24, 2.45) is 0 Å². The highest BCUT2D eigenvalue weighted by Crippen LogP contribution is 2.44. The molecule has 47 heavy (non-hydrogen) atoms. The lowest BCUT2D eigenvalue weighted by molar-refractivity contribution is -0.141. The Morgan fingerprint density at radius 1 is 0.872 bits per heavy atom. The normalized spacial score (nSPS) is 15.8. The van der Waals surface area contributed by atoms with E-state index in [0.717, 1.165) is 56.4 Å². The van der Waals surface area contributed by atoms with Gasteiger partial charge in [-0.1, -0.05) is 26.5 Å². The van der Waals surface area contributed by atoms with Gasteiger partial charge in [0.15, 0.2) is 0 Å². The molecule has 0 radical (unpaired) electrons. The van der Waals surface area contributed by atoms with E-state index in [1.165, 1.54) is 21.3 Å². The van der Waals surface area contributed by atoms with E-state index in [9.17, 15) is 14.4 Å². The van der Waals surface area contributed by atoms with E-state index < -0.39 is 11.9 Å². The summed E-state index contributed by atoms with van der Waals surface area (Å²) in [7, 11) is 4.00. The van der Waals surface area contributed by atoms with Crippen molar-refractivity contribution < 1.29 is 28.6 Å². The second-order valence-corrected chi connectivity index (χ2v) is 12.0. The van der Waals surface area contributed by atoms with E-state index in [4.69, 9.17) is 24.2 Å². The fraction of sp³-hybridized carbons (Fsp3) is 0.378. The number of rotatable bonds is 8. The van der Waals surface area contributed by atoms with Crippen LogP contribution in [0.25, 0.3) is 39.3 Å². The molecule has 2 aliphatic rings. The van der Waals surface area contributed by atoms with Crippen molar-refractivity contribution in [2.75, 3.05) is 21.3 Å². The van der Waals surface area contributed by atoms with E-state index in [1.807, 2.05) is 39.0 Å². The molecule has 0 fully saturated rings. The topological polar surface area (TPSA) is 136 Å². The summed E-state index contributed by atoms with van der Waals surface area (Å²) in [6, 6.07) is 6.04. The molecule has 10 heteroatoms. The van der Waals surface area contributed by atoms with Crippen LogP contribution in [0, 0.1) is 13.8 Å². The molecule has 0 spiro atoms. The Kier molecular flexibility index (Phi) is 9.51. The molecule has 5 heterocycles. The third-order valence-electron chi connectivity index (χ3n) is 9.56. The fourth-order valence-electron chi connectivity index (χ4n) is 6.78. The van der Waals surface area contributed by atoms with Crippen LogP contribution in [0.15, 0.2) is 24.8 Å². The third-order valence-corrected chi connectivity index (χ3v) is 9.56. The molecule has 5 rings (SSSR count). The van der Waals surface area contributed by atoms with Crippen molar-refractivity contribution in [2.45, 2.75) is 72.1 Å². The largest absolute Gasteiger partial charge is 0.469 e. The van der Waals surface area contributed by atoms with Crippen LogP contribution in [0.4, 0.5) is 0 Å². The summed E-state index contributed by atoms with van der Waals surface area (Å²) in [5.74, 6) is -1.86. The molecule has 0 aliphatic carbocycles. The van der Waals surface area contributed by atoms with Crippen molar-refractivity contribution in [3.05, 3.63) is 75.4 Å². The number of aryl methyl sites for hydroxylation is 3. The number of carbonyl (C=O) groups excluding carboxylic acids is 3. The Morgan fingerprint density at radius 2 is 1.55 bits per heavy atom. The van der Waals surface area contributed by atoms with Gasteiger partial charge in [-0.3, -0.25) is 14.6 Å². The second kappa shape index (κ2) is 13.4. The van der Waals surface area contributed by atoms with Gasteiger partial charge in [0.2, 0.25) is 0 Å². The number of H-pyrrole nitrogens is 2. The first-order valence-corrected chi connectivity index (χ1v) is 15.8. The number of hydrogen-bond acceptors (Lipinski definition) is 8. The van der Waals surface area contributed by atoms with Gasteiger partial charge in [0.1, 0.15) is 0 Å². The quantitative estimate of drug-likeness (QED) is 0.203. The summed E-state index contributed by atoms with van der Waals surface area (Å²) in [4.78, 5) is 56.1. The number of methoxy groups -OCH3 is 3. The number of nitrogens with zero attached hydrogens (tertiary/aromatic N) is 2. The van der Waals surface area contributed by atoms with Gasteiger partial charge in [-0.25, -0.2) is 9.78 Å². The SMILES string of the molecule is C=Cc1c(C)c2cc3nc(c(CC(=O)OC)c4nc(cc5[nH]c(cc1[nH]2)c(C)c5CC)C(C)=C4C(=O)OC)C(CCC(=O)OC)C3C. The summed E-state index contributed by atoms with van der Waals surface area (Å²) < 4.78 is 15.3. The van der Waals surface area contributed by atoms with Crippen LogP contribution in [-0.4, -0.2) is 59.2 Å². The second-order valence-electron chi connectivity index (χ2n) is 12.0. The lowest BCUT2D eigenvalue weighted by Crippen LogP contribution is -2.15. The van der Waals surface area contributed by atoms with Crippen LogP contribution in [0.2, 0.25) is 0 Å². The minimum Gasteiger partial charge on any atom is -0.469 e. The highest BCUT2D eigenvalue weighted by molar-refractivity contribution is 6.25. The molecular weight excluding hydrogens is 596 g/mol. The van der Waals surface area contributed by atoms with Crippen molar-refractivity contribution in [3.63, 3.8) is 0 Å². The van der Waals surface area contributed by atoms with Gasteiger partial charge in [-0.05, 0) is 74.1 Å². The lowest BCUT2D eigenvalue weighted by atomic mass is 9.84. The summed E-state index contributed by atoms with van der Waals surface area (Å²) in [6.07, 6.45) is 2.99. The molecule has 2 unspecified atom stereocenters. The fourth-order valence-corrected chi connectivity index (χ4v) is 6.78. The molecule has 0 saturated heterocycles. The van der Waals surface area contributed by atoms with Crippen LogP contribution in [0.1, 0.15) is 96.0 Å². The van der Waals surface area contributed by atoms with Crippen LogP contribution in [-0.2, 0) is 41.4 Å². The Hall–Kier alpha value is -4.99. The van der Waals surface area contributed by atoms with Gasteiger partial charge in [-0.15, -0.1) is 0 Å². The maximum absolute atomic E-state index is 13.4. The Bertz CT molecular complexity index is 2000. The maximum Gasteiger partial charge on any atom is 0.340 e. The predicted octanol–water partition coefficient (Wildman–Crippen LogP) is 6.80. The number of aromatic amines is 2. The van der Waals surface area contributed by atoms with Crippen molar-refractivity contribution >= 4 is 57.2 Å². The minimum absolute atomic E-state index is 0.148. The minimum atomic E-state index is -0.572. The maximum atomic E-state index is 13.4. The first-order chi connectivity index (χ1) is 22.5. The predicted molar refractivity (Wildman–Crippen MR) is 183 cm³/mol. The average molecular weight is 639 g/mol. The van der Waals surface area contributed by atoms with Crippen LogP contribution in [0.5, 0.6) is 0 Å². The van der Waals surface area contributed by atoms with Gasteiger partial charge >= 0.3 is 17.9 Å². The molecule has 0 aromatic carbocycles. The van der Waals surface area contributed by atoms with Crippen LogP contribution in [0.3, 0.4) is 0 Å². The standard InChI is InChI=1S/C37H42N4O6/c1-10-22-18(3)26-15-28-20(5)24(12-13-32(42)45-7)35(40-28)25(14-33(43)46-8)36-34(37(44)47-9)21(6)29(41-36)17-31-23(11-2)19(4)27(39-31)16-30(22)38-26/h10,15-17,20,24,38-39H,1,11-14H2,2-9H3. The summed E-state index contributed by atoms with van der Waals surface area (Å²) in [6.45, 7) is 14.2. The van der Waals surface area contributed by atoms with Gasteiger partial charge in [-0.2, -0.15) is 0 Å². The number of ether oxygens (including phenoxy) is 3. The molecular formula is C37H42N4O6. The van der Waals surface area contributed by atoms with E-state index >= 15 is 0 Å². The summed E-state index contributed by atoms with van der Waals surface area (Å²) in [5, 5.41) is 0. The molecule has 8 bridgehead atoms. The molecule has 0 saturated carbocycles. The number of esters is 3. The van der Waals surface area contributed by atoms with Crippen molar-refractivity contribution in [1.82, 2.24) is 19.9 Å².